The molecule has 0 atom stereocenters. The highest BCUT2D eigenvalue weighted by Crippen LogP contribution is 2.10. The maximum absolute atomic E-state index is 3.80. The number of nitrogens with zero attached hydrogens (tertiary/aromatic N) is 4. The molecule has 0 unspecified atom stereocenters. The topological polar surface area (TPSA) is 46.0 Å². The van der Waals surface area contributed by atoms with Crippen molar-refractivity contribution in [2.45, 2.75) is 25.8 Å². The summed E-state index contributed by atoms with van der Waals surface area (Å²) >= 11 is 0. The third kappa shape index (κ3) is 4.09. The van der Waals surface area contributed by atoms with E-state index in [1.807, 2.05) is 4.68 Å². The average Bonchev–Trinajstić information content (AvgIpc) is 3.04. The van der Waals surface area contributed by atoms with Crippen LogP contribution >= 0.6 is 0 Å². The Morgan fingerprint density at radius 2 is 1.82 bits per heavy atom. The van der Waals surface area contributed by atoms with Crippen LogP contribution in [0.2, 0.25) is 0 Å². The molecule has 0 amide bonds. The van der Waals surface area contributed by atoms with Crippen LogP contribution in [0.25, 0.3) is 0 Å². The van der Waals surface area contributed by atoms with Gasteiger partial charge in [-0.3, -0.25) is 4.90 Å². The smallest absolute Gasteiger partial charge is 0.138 e. The summed E-state index contributed by atoms with van der Waals surface area (Å²) in [5, 5.41) is 7.60. The lowest BCUT2D eigenvalue weighted by molar-refractivity contribution is 0.238. The standard InChI is InChI=1S/C17H21N5/c1-15-4-6-16(7-5-15)3-2-10-21-11-8-17(9-12-21)20-22-13-18-19-14-22/h4-7,13-14,17,20H,8-12H2,1H3. The quantitative estimate of drug-likeness (QED) is 0.875. The van der Waals surface area contributed by atoms with Crippen LogP contribution in [0.15, 0.2) is 36.9 Å². The van der Waals surface area contributed by atoms with E-state index < -0.39 is 0 Å². The van der Waals surface area contributed by atoms with E-state index in [9.17, 15) is 0 Å². The van der Waals surface area contributed by atoms with Crippen molar-refractivity contribution in [3.63, 3.8) is 0 Å². The normalized spacial score (nSPS) is 16.0. The Morgan fingerprint density at radius 3 is 2.50 bits per heavy atom. The zero-order valence-electron chi connectivity index (χ0n) is 12.9. The highest BCUT2D eigenvalue weighted by atomic mass is 15.5. The van der Waals surface area contributed by atoms with Gasteiger partial charge in [-0.25, -0.2) is 4.68 Å². The first-order chi connectivity index (χ1) is 10.8. The molecule has 0 radical (unpaired) electrons. The van der Waals surface area contributed by atoms with Crippen LogP contribution in [0.3, 0.4) is 0 Å². The van der Waals surface area contributed by atoms with Crippen LogP contribution in [-0.2, 0) is 0 Å². The molecule has 2 aromatic rings. The number of aromatic nitrogens is 3. The molecule has 0 aliphatic carbocycles. The molecule has 5 heteroatoms. The summed E-state index contributed by atoms with van der Waals surface area (Å²) in [6.45, 7) is 5.08. The lowest BCUT2D eigenvalue weighted by atomic mass is 10.1. The average molecular weight is 295 g/mol. The van der Waals surface area contributed by atoms with Gasteiger partial charge in [0.15, 0.2) is 0 Å². The lowest BCUT2D eigenvalue weighted by Gasteiger charge is -2.31. The number of hydrogen-bond acceptors (Lipinski definition) is 4. The first-order valence-corrected chi connectivity index (χ1v) is 7.69. The van der Waals surface area contributed by atoms with E-state index in [2.05, 4.69) is 63.6 Å². The highest BCUT2D eigenvalue weighted by molar-refractivity contribution is 5.36. The van der Waals surface area contributed by atoms with Gasteiger partial charge in [-0.2, -0.15) is 0 Å². The minimum absolute atomic E-state index is 0.484. The number of piperidine rings is 1. The van der Waals surface area contributed by atoms with Gasteiger partial charge in [-0.05, 0) is 31.9 Å². The van der Waals surface area contributed by atoms with Crippen molar-refractivity contribution < 1.29 is 0 Å². The second-order valence-electron chi connectivity index (χ2n) is 5.72. The zero-order chi connectivity index (χ0) is 15.2. The van der Waals surface area contributed by atoms with Gasteiger partial charge in [0.25, 0.3) is 0 Å². The molecule has 5 nitrogen and oxygen atoms in total. The molecule has 1 saturated heterocycles. The second kappa shape index (κ2) is 7.10. The van der Waals surface area contributed by atoms with Crippen molar-refractivity contribution in [1.82, 2.24) is 19.8 Å². The largest absolute Gasteiger partial charge is 0.320 e. The Bertz CT molecular complexity index is 628. The number of likely N-dealkylation sites (tertiary alicyclic amines) is 1. The van der Waals surface area contributed by atoms with Crippen molar-refractivity contribution in [1.29, 1.82) is 0 Å². The summed E-state index contributed by atoms with van der Waals surface area (Å²) in [5.41, 5.74) is 5.76. The summed E-state index contributed by atoms with van der Waals surface area (Å²) in [7, 11) is 0. The Kier molecular flexibility index (Phi) is 4.71. The van der Waals surface area contributed by atoms with E-state index in [0.717, 1.165) is 38.0 Å². The SMILES string of the molecule is Cc1ccc(C#CCN2CCC(Nn3cnnc3)CC2)cc1. The van der Waals surface area contributed by atoms with Gasteiger partial charge < -0.3 is 5.43 Å². The number of benzene rings is 1. The molecule has 0 spiro atoms. The molecule has 114 valence electrons. The van der Waals surface area contributed by atoms with Gasteiger partial charge in [0.2, 0.25) is 0 Å². The van der Waals surface area contributed by atoms with Crippen molar-refractivity contribution >= 4 is 0 Å². The molecular formula is C17H21N5. The van der Waals surface area contributed by atoms with E-state index in [4.69, 9.17) is 0 Å². The summed E-state index contributed by atoms with van der Waals surface area (Å²) in [5.74, 6) is 6.52. The molecule has 3 rings (SSSR count). The van der Waals surface area contributed by atoms with E-state index in [1.54, 1.807) is 12.7 Å². The Hall–Kier alpha value is -2.32. The van der Waals surface area contributed by atoms with E-state index in [-0.39, 0.29) is 0 Å². The van der Waals surface area contributed by atoms with Gasteiger partial charge in [0.1, 0.15) is 12.7 Å². The first-order valence-electron chi connectivity index (χ1n) is 7.69. The summed E-state index contributed by atoms with van der Waals surface area (Å²) in [6, 6.07) is 8.85. The van der Waals surface area contributed by atoms with Crippen LogP contribution < -0.4 is 5.43 Å². The molecule has 2 heterocycles. The summed E-state index contributed by atoms with van der Waals surface area (Å²) in [6.07, 6.45) is 5.62. The predicted molar refractivity (Wildman–Crippen MR) is 86.9 cm³/mol. The Morgan fingerprint density at radius 1 is 1.14 bits per heavy atom. The number of nitrogens with one attached hydrogen (secondary N) is 1. The summed E-state index contributed by atoms with van der Waals surface area (Å²) < 4.78 is 1.83. The van der Waals surface area contributed by atoms with Crippen LogP contribution in [0.5, 0.6) is 0 Å². The lowest BCUT2D eigenvalue weighted by Crippen LogP contribution is -2.41. The predicted octanol–water partition coefficient (Wildman–Crippen LogP) is 1.65. The zero-order valence-corrected chi connectivity index (χ0v) is 12.9. The van der Waals surface area contributed by atoms with Crippen molar-refractivity contribution in [3.05, 3.63) is 48.0 Å². The van der Waals surface area contributed by atoms with E-state index >= 15 is 0 Å². The molecule has 1 N–H and O–H groups in total. The van der Waals surface area contributed by atoms with Crippen molar-refractivity contribution in [2.24, 2.45) is 0 Å². The minimum atomic E-state index is 0.484. The van der Waals surface area contributed by atoms with E-state index in [0.29, 0.717) is 6.04 Å². The monoisotopic (exact) mass is 295 g/mol. The molecule has 0 saturated carbocycles. The highest BCUT2D eigenvalue weighted by Gasteiger charge is 2.18. The first kappa shape index (κ1) is 14.6. The molecule has 1 aliphatic heterocycles. The molecule has 0 bridgehead atoms. The third-order valence-electron chi connectivity index (χ3n) is 3.92. The fourth-order valence-electron chi connectivity index (χ4n) is 2.59. The number of aryl methyl sites for hydroxylation is 1. The maximum Gasteiger partial charge on any atom is 0.138 e. The van der Waals surface area contributed by atoms with Gasteiger partial charge in [0, 0.05) is 24.7 Å². The molecule has 1 aliphatic rings. The van der Waals surface area contributed by atoms with Gasteiger partial charge in [-0.15, -0.1) is 10.2 Å². The Labute approximate surface area is 131 Å². The number of hydrogen-bond donors (Lipinski definition) is 1. The van der Waals surface area contributed by atoms with Crippen LogP contribution in [0.1, 0.15) is 24.0 Å². The third-order valence-corrected chi connectivity index (χ3v) is 3.92. The fraction of sp³-hybridized carbons (Fsp3) is 0.412. The minimum Gasteiger partial charge on any atom is -0.320 e. The van der Waals surface area contributed by atoms with Crippen molar-refractivity contribution in [2.75, 3.05) is 25.1 Å². The van der Waals surface area contributed by atoms with Crippen LogP contribution in [-0.4, -0.2) is 45.4 Å². The number of rotatable bonds is 3. The maximum atomic E-state index is 3.80. The van der Waals surface area contributed by atoms with Gasteiger partial charge in [-0.1, -0.05) is 29.5 Å². The fourth-order valence-corrected chi connectivity index (χ4v) is 2.59. The van der Waals surface area contributed by atoms with Crippen LogP contribution in [0, 0.1) is 18.8 Å². The summed E-state index contributed by atoms with van der Waals surface area (Å²) in [4.78, 5) is 2.41. The second-order valence-corrected chi connectivity index (χ2v) is 5.72. The van der Waals surface area contributed by atoms with Gasteiger partial charge >= 0.3 is 0 Å². The molecular weight excluding hydrogens is 274 g/mol. The molecule has 1 fully saturated rings. The molecule has 1 aromatic heterocycles. The molecule has 22 heavy (non-hydrogen) atoms. The van der Waals surface area contributed by atoms with E-state index in [1.165, 1.54) is 5.56 Å². The Balaban J connectivity index is 1.43. The van der Waals surface area contributed by atoms with Crippen LogP contribution in [0.4, 0.5) is 0 Å². The molecule has 1 aromatic carbocycles. The van der Waals surface area contributed by atoms with Crippen molar-refractivity contribution in [3.8, 4) is 11.8 Å². The van der Waals surface area contributed by atoms with Gasteiger partial charge in [0.05, 0.1) is 6.54 Å².